The first kappa shape index (κ1) is 17.8. The van der Waals surface area contributed by atoms with Crippen molar-refractivity contribution in [3.63, 3.8) is 0 Å². The van der Waals surface area contributed by atoms with Gasteiger partial charge in [0, 0.05) is 11.5 Å². The molecule has 1 saturated heterocycles. The van der Waals surface area contributed by atoms with Gasteiger partial charge in [-0.3, -0.25) is 14.8 Å². The number of aromatic nitrogens is 3. The van der Waals surface area contributed by atoms with Crippen LogP contribution in [0.25, 0.3) is 0 Å². The maximum Gasteiger partial charge on any atom is 0.361 e. The third-order valence-corrected chi connectivity index (χ3v) is 6.09. The highest BCUT2D eigenvalue weighted by Gasteiger charge is 2.51. The Balaban J connectivity index is 1.78. The molecule has 2 aliphatic rings. The lowest BCUT2D eigenvalue weighted by Gasteiger charge is -2.48. The highest BCUT2D eigenvalue weighted by molar-refractivity contribution is 8.01. The molecule has 3 heterocycles. The van der Waals surface area contributed by atoms with Crippen molar-refractivity contribution in [1.29, 1.82) is 0 Å². The highest BCUT2D eigenvalue weighted by Crippen LogP contribution is 2.40. The molecule has 2 atom stereocenters. The summed E-state index contributed by atoms with van der Waals surface area (Å²) in [4.78, 5) is 36.5. The monoisotopic (exact) mass is 385 g/mol. The SMILES string of the molecule is CCOC(=O)c1nn[nH]c1SCC1=C(C(=O)O)N2C(=O)C(N)[C@H]2SC1. The first-order valence-corrected chi connectivity index (χ1v) is 9.35. The maximum absolute atomic E-state index is 11.9. The smallest absolute Gasteiger partial charge is 0.361 e. The summed E-state index contributed by atoms with van der Waals surface area (Å²) in [6.07, 6.45) is 0. The number of carbonyl (C=O) groups is 3. The van der Waals surface area contributed by atoms with E-state index in [9.17, 15) is 19.5 Å². The minimum absolute atomic E-state index is 0.0342. The lowest BCUT2D eigenvalue weighted by molar-refractivity contribution is -0.147. The normalized spacial score (nSPS) is 22.5. The number of aromatic amines is 1. The molecule has 0 aliphatic carbocycles. The van der Waals surface area contributed by atoms with E-state index in [4.69, 9.17) is 10.5 Å². The highest BCUT2D eigenvalue weighted by atomic mass is 32.2. The number of rotatable bonds is 6. The molecule has 0 bridgehead atoms. The zero-order valence-electron chi connectivity index (χ0n) is 13.1. The van der Waals surface area contributed by atoms with Gasteiger partial charge in [0.05, 0.1) is 6.61 Å². The van der Waals surface area contributed by atoms with Crippen molar-refractivity contribution in [2.24, 2.45) is 5.73 Å². The van der Waals surface area contributed by atoms with Crippen molar-refractivity contribution < 1.29 is 24.2 Å². The van der Waals surface area contributed by atoms with Gasteiger partial charge in [0.15, 0.2) is 0 Å². The molecule has 0 aromatic carbocycles. The number of hydrogen-bond donors (Lipinski definition) is 3. The number of H-pyrrole nitrogens is 1. The quantitative estimate of drug-likeness (QED) is 0.337. The second-order valence-electron chi connectivity index (χ2n) is 5.19. The van der Waals surface area contributed by atoms with Gasteiger partial charge in [-0.15, -0.1) is 16.9 Å². The first-order valence-electron chi connectivity index (χ1n) is 7.32. The van der Waals surface area contributed by atoms with E-state index < -0.39 is 23.9 Å². The topological polar surface area (TPSA) is 152 Å². The van der Waals surface area contributed by atoms with Crippen molar-refractivity contribution >= 4 is 41.4 Å². The van der Waals surface area contributed by atoms with E-state index in [0.29, 0.717) is 16.4 Å². The fraction of sp³-hybridized carbons (Fsp3) is 0.462. The predicted octanol–water partition coefficient (Wildman–Crippen LogP) is -0.345. The standard InChI is InChI=1S/C13H15N5O5S2/c1-2-23-13(22)7-9(16-17-15-7)24-3-5-4-25-11-6(14)10(19)18(11)8(5)12(20)21/h6,11H,2-4,14H2,1H3,(H,20,21)(H,15,16,17)/t6?,11-/m1/s1. The number of esters is 1. The molecule has 3 rings (SSSR count). The number of nitrogens with zero attached hydrogens (tertiary/aromatic N) is 3. The average Bonchev–Trinajstić information content (AvgIpc) is 3.07. The number of carboxylic acids is 1. The number of fused-ring (bicyclic) bond motifs is 1. The van der Waals surface area contributed by atoms with Crippen LogP contribution in [0.1, 0.15) is 17.4 Å². The molecule has 1 unspecified atom stereocenters. The Bertz CT molecular complexity index is 764. The van der Waals surface area contributed by atoms with Crippen LogP contribution in [0, 0.1) is 0 Å². The van der Waals surface area contributed by atoms with E-state index in [0.717, 1.165) is 0 Å². The number of amides is 1. The molecule has 134 valence electrons. The number of carbonyl (C=O) groups excluding carboxylic acids is 2. The van der Waals surface area contributed by atoms with Crippen LogP contribution in [-0.2, 0) is 14.3 Å². The Morgan fingerprint density at radius 3 is 3.00 bits per heavy atom. The molecular weight excluding hydrogens is 370 g/mol. The van der Waals surface area contributed by atoms with Gasteiger partial charge < -0.3 is 15.6 Å². The Labute approximate surface area is 150 Å². The second-order valence-corrected chi connectivity index (χ2v) is 7.28. The van der Waals surface area contributed by atoms with Crippen LogP contribution in [0.2, 0.25) is 0 Å². The van der Waals surface area contributed by atoms with Crippen LogP contribution in [0.15, 0.2) is 16.3 Å². The van der Waals surface area contributed by atoms with Crippen LogP contribution in [-0.4, -0.2) is 72.8 Å². The fourth-order valence-corrected chi connectivity index (χ4v) is 4.85. The number of hydrogen-bond acceptors (Lipinski definition) is 9. The lowest BCUT2D eigenvalue weighted by atomic mass is 10.0. The van der Waals surface area contributed by atoms with Crippen molar-refractivity contribution in [2.45, 2.75) is 23.4 Å². The average molecular weight is 385 g/mol. The van der Waals surface area contributed by atoms with Crippen molar-refractivity contribution in [2.75, 3.05) is 18.1 Å². The summed E-state index contributed by atoms with van der Waals surface area (Å²) in [6.45, 7) is 1.89. The molecule has 1 amide bonds. The molecule has 0 radical (unpaired) electrons. The largest absolute Gasteiger partial charge is 0.477 e. The van der Waals surface area contributed by atoms with E-state index in [2.05, 4.69) is 15.4 Å². The van der Waals surface area contributed by atoms with E-state index >= 15 is 0 Å². The van der Waals surface area contributed by atoms with Gasteiger partial charge in [-0.2, -0.15) is 0 Å². The first-order chi connectivity index (χ1) is 12.0. The van der Waals surface area contributed by atoms with Crippen molar-refractivity contribution in [1.82, 2.24) is 20.3 Å². The fourth-order valence-electron chi connectivity index (χ4n) is 2.50. The molecule has 4 N–H and O–H groups in total. The van der Waals surface area contributed by atoms with Crippen LogP contribution in [0.4, 0.5) is 0 Å². The molecule has 10 nitrogen and oxygen atoms in total. The Hall–Kier alpha value is -2.05. The molecule has 0 saturated carbocycles. The number of aliphatic carboxylic acids is 1. The summed E-state index contributed by atoms with van der Waals surface area (Å²) >= 11 is 2.60. The predicted molar refractivity (Wildman–Crippen MR) is 88.8 cm³/mol. The Kier molecular flexibility index (Phi) is 5.01. The molecule has 1 fully saturated rings. The molecule has 1 aromatic rings. The van der Waals surface area contributed by atoms with Gasteiger partial charge in [-0.25, -0.2) is 9.59 Å². The summed E-state index contributed by atoms with van der Waals surface area (Å²) in [5.41, 5.74) is 6.30. The van der Waals surface area contributed by atoms with E-state index in [1.54, 1.807) is 6.92 Å². The number of nitrogens with one attached hydrogen (secondary N) is 1. The summed E-state index contributed by atoms with van der Waals surface area (Å²) in [5, 5.41) is 19.4. The molecule has 0 spiro atoms. The van der Waals surface area contributed by atoms with Crippen molar-refractivity contribution in [3.8, 4) is 0 Å². The van der Waals surface area contributed by atoms with Gasteiger partial charge in [0.25, 0.3) is 0 Å². The van der Waals surface area contributed by atoms with Crippen LogP contribution >= 0.6 is 23.5 Å². The molecule has 12 heteroatoms. The van der Waals surface area contributed by atoms with Gasteiger partial charge >= 0.3 is 11.9 Å². The summed E-state index contributed by atoms with van der Waals surface area (Å²) in [6, 6.07) is -0.666. The maximum atomic E-state index is 11.9. The van der Waals surface area contributed by atoms with E-state index in [-0.39, 0.29) is 29.1 Å². The number of carboxylic acid groups (broad SMARTS) is 1. The van der Waals surface area contributed by atoms with Gasteiger partial charge in [-0.1, -0.05) is 17.0 Å². The zero-order chi connectivity index (χ0) is 18.1. The Morgan fingerprint density at radius 2 is 2.32 bits per heavy atom. The van der Waals surface area contributed by atoms with Crippen LogP contribution < -0.4 is 5.73 Å². The molecule has 2 aliphatic heterocycles. The van der Waals surface area contributed by atoms with Crippen LogP contribution in [0.3, 0.4) is 0 Å². The minimum Gasteiger partial charge on any atom is -0.477 e. The molecule has 1 aromatic heterocycles. The number of β-lactam (4-membered cyclic amide) rings is 1. The number of ether oxygens (including phenoxy) is 1. The van der Waals surface area contributed by atoms with Gasteiger partial charge in [-0.05, 0) is 12.5 Å². The number of nitrogens with two attached hydrogens (primary N) is 1. The van der Waals surface area contributed by atoms with Crippen LogP contribution in [0.5, 0.6) is 0 Å². The lowest BCUT2D eigenvalue weighted by Crippen LogP contribution is -2.68. The third-order valence-electron chi connectivity index (χ3n) is 3.67. The summed E-state index contributed by atoms with van der Waals surface area (Å²) in [7, 11) is 0. The molecular formula is C13H15N5O5S2. The molecule has 25 heavy (non-hydrogen) atoms. The Morgan fingerprint density at radius 1 is 1.56 bits per heavy atom. The van der Waals surface area contributed by atoms with E-state index in [1.165, 1.54) is 28.4 Å². The van der Waals surface area contributed by atoms with Gasteiger partial charge in [0.1, 0.15) is 22.1 Å². The van der Waals surface area contributed by atoms with E-state index in [1.807, 2.05) is 0 Å². The number of thioether (sulfide) groups is 2. The minimum atomic E-state index is -1.17. The summed E-state index contributed by atoms with van der Waals surface area (Å²) in [5.74, 6) is -1.47. The second kappa shape index (κ2) is 7.06. The summed E-state index contributed by atoms with van der Waals surface area (Å²) < 4.78 is 4.89. The van der Waals surface area contributed by atoms with Crippen molar-refractivity contribution in [3.05, 3.63) is 17.0 Å². The van der Waals surface area contributed by atoms with Gasteiger partial charge in [0.2, 0.25) is 11.6 Å². The third kappa shape index (κ3) is 3.12. The zero-order valence-corrected chi connectivity index (χ0v) is 14.7.